The Morgan fingerprint density at radius 3 is 2.93 bits per heavy atom. The average molecular weight is 459 g/mol. The van der Waals surface area contributed by atoms with Crippen LogP contribution in [-0.4, -0.2) is 40.5 Å². The highest BCUT2D eigenvalue weighted by Crippen LogP contribution is 2.31. The minimum atomic E-state index is -0.322. The highest BCUT2D eigenvalue weighted by molar-refractivity contribution is 8.01. The van der Waals surface area contributed by atoms with E-state index < -0.39 is 0 Å². The molecule has 1 aliphatic rings. The predicted molar refractivity (Wildman–Crippen MR) is 119 cm³/mol. The SMILES string of the molecule is COc1ccccc1C(=O)Nc1nnc(SCC2=Nc3ccc(Cl)cc3C(=O)C2)s1. The number of para-hydroxylation sites is 1. The summed E-state index contributed by atoms with van der Waals surface area (Å²) in [6, 6.07) is 12.1. The number of thioether (sulfide) groups is 1. The van der Waals surface area contributed by atoms with Gasteiger partial charge in [-0.3, -0.25) is 19.9 Å². The molecule has 0 saturated carbocycles. The van der Waals surface area contributed by atoms with Gasteiger partial charge in [-0.05, 0) is 30.3 Å². The number of ether oxygens (including phenoxy) is 1. The number of hydrogen-bond donors (Lipinski definition) is 1. The normalized spacial score (nSPS) is 12.9. The van der Waals surface area contributed by atoms with Crippen LogP contribution in [-0.2, 0) is 0 Å². The van der Waals surface area contributed by atoms with E-state index in [1.54, 1.807) is 42.5 Å². The summed E-state index contributed by atoms with van der Waals surface area (Å²) in [5, 5.41) is 11.7. The number of nitrogens with one attached hydrogen (secondary N) is 1. The van der Waals surface area contributed by atoms with Crippen molar-refractivity contribution < 1.29 is 14.3 Å². The van der Waals surface area contributed by atoms with Gasteiger partial charge >= 0.3 is 0 Å². The van der Waals surface area contributed by atoms with Crippen molar-refractivity contribution in [3.05, 3.63) is 58.6 Å². The Kier molecular flexibility index (Phi) is 6.12. The summed E-state index contributed by atoms with van der Waals surface area (Å²) in [4.78, 5) is 29.4. The molecule has 2 aromatic carbocycles. The molecule has 7 nitrogen and oxygen atoms in total. The van der Waals surface area contributed by atoms with Crippen LogP contribution in [0.25, 0.3) is 0 Å². The van der Waals surface area contributed by atoms with Gasteiger partial charge in [0.25, 0.3) is 5.91 Å². The van der Waals surface area contributed by atoms with Gasteiger partial charge in [0.05, 0.1) is 24.8 Å². The van der Waals surface area contributed by atoms with Crippen molar-refractivity contribution >= 4 is 62.9 Å². The number of rotatable bonds is 6. The van der Waals surface area contributed by atoms with Gasteiger partial charge in [0.15, 0.2) is 10.1 Å². The fourth-order valence-electron chi connectivity index (χ4n) is 2.86. The van der Waals surface area contributed by atoms with Gasteiger partial charge in [0.1, 0.15) is 5.75 Å². The first-order chi connectivity index (χ1) is 14.5. The summed E-state index contributed by atoms with van der Waals surface area (Å²) < 4.78 is 5.88. The van der Waals surface area contributed by atoms with E-state index in [2.05, 4.69) is 20.5 Å². The molecule has 0 fully saturated rings. The first-order valence-electron chi connectivity index (χ1n) is 8.83. The lowest BCUT2D eigenvalue weighted by Crippen LogP contribution is -2.15. The number of nitrogens with zero attached hydrogens (tertiary/aromatic N) is 3. The zero-order valence-electron chi connectivity index (χ0n) is 15.7. The van der Waals surface area contributed by atoms with Gasteiger partial charge in [0, 0.05) is 22.1 Å². The molecule has 0 spiro atoms. The van der Waals surface area contributed by atoms with Crippen molar-refractivity contribution in [2.24, 2.45) is 4.99 Å². The molecule has 0 radical (unpaired) electrons. The summed E-state index contributed by atoms with van der Waals surface area (Å²) >= 11 is 8.63. The van der Waals surface area contributed by atoms with Gasteiger partial charge in [-0.15, -0.1) is 10.2 Å². The number of methoxy groups -OCH3 is 1. The third-order valence-electron chi connectivity index (χ3n) is 4.24. The number of fused-ring (bicyclic) bond motifs is 1. The first-order valence-corrected chi connectivity index (χ1v) is 11.0. The Balaban J connectivity index is 1.40. The number of Topliss-reactive ketones (excluding diaryl/α,β-unsaturated/α-hetero) is 1. The Hall–Kier alpha value is -2.75. The maximum absolute atomic E-state index is 12.5. The van der Waals surface area contributed by atoms with Crippen molar-refractivity contribution in [3.8, 4) is 5.75 Å². The topological polar surface area (TPSA) is 93.5 Å². The number of anilines is 1. The van der Waals surface area contributed by atoms with Gasteiger partial charge in [-0.25, -0.2) is 0 Å². The van der Waals surface area contributed by atoms with E-state index >= 15 is 0 Å². The molecule has 0 unspecified atom stereocenters. The van der Waals surface area contributed by atoms with E-state index in [4.69, 9.17) is 16.3 Å². The van der Waals surface area contributed by atoms with Crippen LogP contribution in [0.15, 0.2) is 51.8 Å². The third kappa shape index (κ3) is 4.53. The summed E-state index contributed by atoms with van der Waals surface area (Å²) in [5.41, 5.74) is 2.36. The molecular weight excluding hydrogens is 444 g/mol. The van der Waals surface area contributed by atoms with Crippen molar-refractivity contribution in [2.75, 3.05) is 18.2 Å². The molecule has 30 heavy (non-hydrogen) atoms. The first kappa shape index (κ1) is 20.5. The number of aliphatic imine (C=N–C) groups is 1. The van der Waals surface area contributed by atoms with Crippen LogP contribution in [0, 0.1) is 0 Å². The van der Waals surface area contributed by atoms with E-state index in [0.29, 0.717) is 42.8 Å². The maximum atomic E-state index is 12.5. The van der Waals surface area contributed by atoms with Crippen LogP contribution < -0.4 is 10.1 Å². The molecule has 1 aromatic heterocycles. The molecule has 152 valence electrons. The number of benzene rings is 2. The van der Waals surface area contributed by atoms with Gasteiger partial charge in [0.2, 0.25) is 5.13 Å². The zero-order chi connectivity index (χ0) is 21.1. The maximum Gasteiger partial charge on any atom is 0.261 e. The number of carbonyl (C=O) groups is 2. The number of amides is 1. The Morgan fingerprint density at radius 1 is 1.27 bits per heavy atom. The summed E-state index contributed by atoms with van der Waals surface area (Å²) in [5.74, 6) is 0.663. The number of halogens is 1. The van der Waals surface area contributed by atoms with Gasteiger partial charge in [-0.1, -0.05) is 46.8 Å². The molecule has 4 rings (SSSR count). The second-order valence-corrected chi connectivity index (χ2v) is 8.89. The lowest BCUT2D eigenvalue weighted by molar-refractivity contribution is 0.0996. The quantitative estimate of drug-likeness (QED) is 0.417. The van der Waals surface area contributed by atoms with Crippen molar-refractivity contribution in [2.45, 2.75) is 10.8 Å². The lowest BCUT2D eigenvalue weighted by Gasteiger charge is -2.14. The fraction of sp³-hybridized carbons (Fsp3) is 0.150. The molecular formula is C20H15ClN4O3S2. The van der Waals surface area contributed by atoms with Crippen LogP contribution in [0.1, 0.15) is 27.1 Å². The monoisotopic (exact) mass is 458 g/mol. The largest absolute Gasteiger partial charge is 0.496 e. The second-order valence-electron chi connectivity index (χ2n) is 6.26. The average Bonchev–Trinajstić information content (AvgIpc) is 3.20. The Bertz CT molecular complexity index is 1160. The Morgan fingerprint density at radius 2 is 2.10 bits per heavy atom. The smallest absolute Gasteiger partial charge is 0.261 e. The van der Waals surface area contributed by atoms with Crippen molar-refractivity contribution in [1.82, 2.24) is 10.2 Å². The van der Waals surface area contributed by atoms with E-state index in [1.165, 1.54) is 30.2 Å². The molecule has 0 aliphatic carbocycles. The van der Waals surface area contributed by atoms with Crippen LogP contribution >= 0.6 is 34.7 Å². The highest BCUT2D eigenvalue weighted by atomic mass is 35.5. The van der Waals surface area contributed by atoms with Crippen molar-refractivity contribution in [1.29, 1.82) is 0 Å². The number of ketones is 1. The minimum Gasteiger partial charge on any atom is -0.496 e. The number of aromatic nitrogens is 2. The Labute approximate surface area is 185 Å². The molecule has 0 bridgehead atoms. The summed E-state index contributed by atoms with van der Waals surface area (Å²) in [6.07, 6.45) is 0.247. The number of hydrogen-bond acceptors (Lipinski definition) is 8. The van der Waals surface area contributed by atoms with Crippen LogP contribution in [0.4, 0.5) is 10.8 Å². The van der Waals surface area contributed by atoms with Gasteiger partial charge < -0.3 is 4.74 Å². The van der Waals surface area contributed by atoms with E-state index in [9.17, 15) is 9.59 Å². The molecule has 1 amide bonds. The molecule has 0 saturated heterocycles. The van der Waals surface area contributed by atoms with E-state index in [0.717, 1.165) is 5.71 Å². The summed E-state index contributed by atoms with van der Waals surface area (Å²) in [6.45, 7) is 0. The van der Waals surface area contributed by atoms with E-state index in [-0.39, 0.29) is 18.1 Å². The zero-order valence-corrected chi connectivity index (χ0v) is 18.1. The van der Waals surface area contributed by atoms with E-state index in [1.807, 2.05) is 0 Å². The molecule has 1 N–H and O–H groups in total. The minimum absolute atomic E-state index is 0.000115. The fourth-order valence-corrected chi connectivity index (χ4v) is 4.71. The predicted octanol–water partition coefficient (Wildman–Crippen LogP) is 4.90. The number of carbonyl (C=O) groups excluding carboxylic acids is 2. The van der Waals surface area contributed by atoms with Gasteiger partial charge in [-0.2, -0.15) is 0 Å². The molecule has 10 heteroatoms. The molecule has 2 heterocycles. The van der Waals surface area contributed by atoms with Crippen molar-refractivity contribution in [3.63, 3.8) is 0 Å². The molecule has 0 atom stereocenters. The molecule has 1 aliphatic heterocycles. The standard InChI is InChI=1S/C20H15ClN4O3S2/c1-28-17-5-3-2-4-13(17)18(27)23-19-24-25-20(30-19)29-10-12-9-16(26)14-8-11(21)6-7-15(14)22-12/h2-8H,9-10H2,1H3,(H,23,24,27). The van der Waals surface area contributed by atoms with Crippen LogP contribution in [0.2, 0.25) is 5.02 Å². The summed E-state index contributed by atoms with van der Waals surface area (Å²) in [7, 11) is 1.51. The third-order valence-corrected chi connectivity index (χ3v) is 6.52. The highest BCUT2D eigenvalue weighted by Gasteiger charge is 2.21. The van der Waals surface area contributed by atoms with Crippen LogP contribution in [0.3, 0.4) is 0 Å². The second kappa shape index (κ2) is 8.95. The van der Waals surface area contributed by atoms with Crippen LogP contribution in [0.5, 0.6) is 5.75 Å². The lowest BCUT2D eigenvalue weighted by atomic mass is 10.0. The molecule has 3 aromatic rings.